The lowest BCUT2D eigenvalue weighted by Gasteiger charge is -2.22. The smallest absolute Gasteiger partial charge is 0.150 e. The number of hydrogen-bond acceptors (Lipinski definition) is 4. The Kier molecular flexibility index (Phi) is 3.61. The monoisotopic (exact) mass is 222 g/mol. The first-order valence-corrected chi connectivity index (χ1v) is 6.29. The van der Waals surface area contributed by atoms with Crippen molar-refractivity contribution in [2.75, 3.05) is 16.8 Å². The first-order valence-electron chi connectivity index (χ1n) is 5.14. The SMILES string of the molecule is O=Cc1ccnc(NC2CCCSC2)c1. The van der Waals surface area contributed by atoms with Crippen molar-refractivity contribution in [3.63, 3.8) is 0 Å². The maximum absolute atomic E-state index is 10.6. The van der Waals surface area contributed by atoms with E-state index in [0.29, 0.717) is 11.6 Å². The molecule has 1 aliphatic heterocycles. The van der Waals surface area contributed by atoms with Gasteiger partial charge in [-0.3, -0.25) is 4.79 Å². The van der Waals surface area contributed by atoms with E-state index < -0.39 is 0 Å². The number of pyridine rings is 1. The lowest BCUT2D eigenvalue weighted by Crippen LogP contribution is -2.26. The zero-order chi connectivity index (χ0) is 10.5. The van der Waals surface area contributed by atoms with E-state index in [0.717, 1.165) is 17.9 Å². The minimum atomic E-state index is 0.498. The zero-order valence-electron chi connectivity index (χ0n) is 8.48. The molecule has 0 radical (unpaired) electrons. The molecule has 4 heteroatoms. The zero-order valence-corrected chi connectivity index (χ0v) is 9.30. The Morgan fingerprint density at radius 1 is 1.60 bits per heavy atom. The molecule has 1 aliphatic rings. The molecule has 1 aromatic heterocycles. The van der Waals surface area contributed by atoms with Crippen LogP contribution in [0.1, 0.15) is 23.2 Å². The maximum Gasteiger partial charge on any atom is 0.150 e. The molecule has 2 rings (SSSR count). The Morgan fingerprint density at radius 2 is 2.53 bits per heavy atom. The second-order valence-corrected chi connectivity index (χ2v) is 4.80. The fraction of sp³-hybridized carbons (Fsp3) is 0.455. The van der Waals surface area contributed by atoms with Gasteiger partial charge in [0.05, 0.1) is 0 Å². The largest absolute Gasteiger partial charge is 0.366 e. The number of hydrogen-bond donors (Lipinski definition) is 1. The molecule has 15 heavy (non-hydrogen) atoms. The van der Waals surface area contributed by atoms with Crippen LogP contribution in [0.5, 0.6) is 0 Å². The van der Waals surface area contributed by atoms with E-state index in [1.54, 1.807) is 18.3 Å². The number of anilines is 1. The molecule has 0 aromatic carbocycles. The van der Waals surface area contributed by atoms with Crippen molar-refractivity contribution in [3.05, 3.63) is 23.9 Å². The fourth-order valence-electron chi connectivity index (χ4n) is 1.66. The molecule has 1 aromatic rings. The van der Waals surface area contributed by atoms with Crippen molar-refractivity contribution in [2.24, 2.45) is 0 Å². The first-order chi connectivity index (χ1) is 7.38. The van der Waals surface area contributed by atoms with Gasteiger partial charge in [-0.15, -0.1) is 0 Å². The molecule has 80 valence electrons. The number of aromatic nitrogens is 1. The van der Waals surface area contributed by atoms with Crippen molar-refractivity contribution in [2.45, 2.75) is 18.9 Å². The van der Waals surface area contributed by atoms with E-state index in [-0.39, 0.29) is 0 Å². The standard InChI is InChI=1S/C11H14N2OS/c14-7-9-3-4-12-11(6-9)13-10-2-1-5-15-8-10/h3-4,6-7,10H,1-2,5,8H2,(H,12,13). The summed E-state index contributed by atoms with van der Waals surface area (Å²) in [5, 5.41) is 3.36. The number of rotatable bonds is 3. The molecule has 1 N–H and O–H groups in total. The second-order valence-electron chi connectivity index (χ2n) is 3.65. The van der Waals surface area contributed by atoms with Crippen LogP contribution in [0.2, 0.25) is 0 Å². The molecule has 0 aliphatic carbocycles. The van der Waals surface area contributed by atoms with Crippen molar-refractivity contribution in [3.8, 4) is 0 Å². The van der Waals surface area contributed by atoms with Crippen LogP contribution in [0.4, 0.5) is 5.82 Å². The molecule has 0 spiro atoms. The summed E-state index contributed by atoms with van der Waals surface area (Å²) in [7, 11) is 0. The topological polar surface area (TPSA) is 42.0 Å². The summed E-state index contributed by atoms with van der Waals surface area (Å²) in [6, 6.07) is 4.01. The third-order valence-electron chi connectivity index (χ3n) is 2.43. The summed E-state index contributed by atoms with van der Waals surface area (Å²) in [5.41, 5.74) is 0.677. The van der Waals surface area contributed by atoms with Crippen LogP contribution in [-0.2, 0) is 0 Å². The van der Waals surface area contributed by atoms with E-state index in [1.807, 2.05) is 11.8 Å². The Hall–Kier alpha value is -1.03. The Labute approximate surface area is 93.7 Å². The maximum atomic E-state index is 10.6. The summed E-state index contributed by atoms with van der Waals surface area (Å²) in [5.74, 6) is 3.21. The molecule has 1 atom stereocenters. The van der Waals surface area contributed by atoms with Gasteiger partial charge < -0.3 is 5.32 Å². The predicted molar refractivity (Wildman–Crippen MR) is 63.6 cm³/mol. The summed E-state index contributed by atoms with van der Waals surface area (Å²) < 4.78 is 0. The van der Waals surface area contributed by atoms with Crippen LogP contribution in [0.3, 0.4) is 0 Å². The van der Waals surface area contributed by atoms with Crippen LogP contribution in [0.15, 0.2) is 18.3 Å². The molecular formula is C11H14N2OS. The highest BCUT2D eigenvalue weighted by molar-refractivity contribution is 7.99. The number of aldehydes is 1. The summed E-state index contributed by atoms with van der Waals surface area (Å²) in [4.78, 5) is 14.8. The van der Waals surface area contributed by atoms with Gasteiger partial charge in [0.15, 0.2) is 0 Å². The molecule has 1 saturated heterocycles. The van der Waals surface area contributed by atoms with Gasteiger partial charge in [-0.25, -0.2) is 4.98 Å². The molecule has 2 heterocycles. The minimum Gasteiger partial charge on any atom is -0.366 e. The minimum absolute atomic E-state index is 0.498. The average molecular weight is 222 g/mol. The Bertz CT molecular complexity index is 337. The van der Waals surface area contributed by atoms with Gasteiger partial charge in [0, 0.05) is 23.6 Å². The molecule has 0 bridgehead atoms. The van der Waals surface area contributed by atoms with Gasteiger partial charge in [-0.05, 0) is 30.7 Å². The molecule has 0 amide bonds. The van der Waals surface area contributed by atoms with Gasteiger partial charge in [-0.1, -0.05) is 0 Å². The summed E-state index contributed by atoms with van der Waals surface area (Å²) in [6.07, 6.45) is 4.97. The third kappa shape index (κ3) is 2.96. The molecule has 0 saturated carbocycles. The van der Waals surface area contributed by atoms with E-state index >= 15 is 0 Å². The Morgan fingerprint density at radius 3 is 3.27 bits per heavy atom. The molecule has 3 nitrogen and oxygen atoms in total. The van der Waals surface area contributed by atoms with E-state index in [1.165, 1.54) is 18.6 Å². The van der Waals surface area contributed by atoms with Crippen LogP contribution >= 0.6 is 11.8 Å². The third-order valence-corrected chi connectivity index (χ3v) is 3.65. The highest BCUT2D eigenvalue weighted by atomic mass is 32.2. The van der Waals surface area contributed by atoms with Gasteiger partial charge in [0.1, 0.15) is 12.1 Å². The van der Waals surface area contributed by atoms with Gasteiger partial charge >= 0.3 is 0 Å². The molecular weight excluding hydrogens is 208 g/mol. The first kappa shape index (κ1) is 10.5. The van der Waals surface area contributed by atoms with E-state index in [4.69, 9.17) is 0 Å². The number of carbonyl (C=O) groups is 1. The quantitative estimate of drug-likeness (QED) is 0.796. The van der Waals surface area contributed by atoms with Gasteiger partial charge in [0.2, 0.25) is 0 Å². The molecule has 1 unspecified atom stereocenters. The number of thioether (sulfide) groups is 1. The van der Waals surface area contributed by atoms with Gasteiger partial charge in [0.25, 0.3) is 0 Å². The number of carbonyl (C=O) groups excluding carboxylic acids is 1. The number of nitrogens with one attached hydrogen (secondary N) is 1. The fourth-order valence-corrected chi connectivity index (χ4v) is 2.73. The average Bonchev–Trinajstić information content (AvgIpc) is 2.31. The van der Waals surface area contributed by atoms with Crippen molar-refractivity contribution >= 4 is 23.9 Å². The highest BCUT2D eigenvalue weighted by Gasteiger charge is 2.13. The van der Waals surface area contributed by atoms with Crippen LogP contribution in [-0.4, -0.2) is 28.8 Å². The number of nitrogens with zero attached hydrogens (tertiary/aromatic N) is 1. The molecule has 1 fully saturated rings. The van der Waals surface area contributed by atoms with Crippen LogP contribution < -0.4 is 5.32 Å². The van der Waals surface area contributed by atoms with E-state index in [9.17, 15) is 4.79 Å². The van der Waals surface area contributed by atoms with E-state index in [2.05, 4.69) is 10.3 Å². The van der Waals surface area contributed by atoms with Crippen molar-refractivity contribution in [1.29, 1.82) is 0 Å². The Balaban J connectivity index is 1.99. The summed E-state index contributed by atoms with van der Waals surface area (Å²) >= 11 is 1.97. The predicted octanol–water partition coefficient (Wildman–Crippen LogP) is 2.20. The summed E-state index contributed by atoms with van der Waals surface area (Å²) in [6.45, 7) is 0. The highest BCUT2D eigenvalue weighted by Crippen LogP contribution is 2.20. The lowest BCUT2D eigenvalue weighted by atomic mass is 10.2. The normalized spacial score (nSPS) is 20.9. The van der Waals surface area contributed by atoms with Gasteiger partial charge in [-0.2, -0.15) is 11.8 Å². The second kappa shape index (κ2) is 5.16. The van der Waals surface area contributed by atoms with Crippen LogP contribution in [0, 0.1) is 0 Å². The van der Waals surface area contributed by atoms with Crippen molar-refractivity contribution in [1.82, 2.24) is 4.98 Å². The van der Waals surface area contributed by atoms with Crippen molar-refractivity contribution < 1.29 is 4.79 Å². The van der Waals surface area contributed by atoms with Crippen LogP contribution in [0.25, 0.3) is 0 Å². The lowest BCUT2D eigenvalue weighted by molar-refractivity contribution is 0.112.